The van der Waals surface area contributed by atoms with Crippen LogP contribution in [-0.2, 0) is 0 Å². The summed E-state index contributed by atoms with van der Waals surface area (Å²) in [7, 11) is 0. The summed E-state index contributed by atoms with van der Waals surface area (Å²) in [5.41, 5.74) is 0. The molecule has 2 unspecified atom stereocenters. The summed E-state index contributed by atoms with van der Waals surface area (Å²) >= 11 is 0. The van der Waals surface area contributed by atoms with Gasteiger partial charge in [-0.2, -0.15) is 0 Å². The molecule has 2 N–H and O–H groups in total. The number of aliphatic hydroxyl groups is 2. The Morgan fingerprint density at radius 1 is 0.243 bits per heavy atom. The van der Waals surface area contributed by atoms with Crippen molar-refractivity contribution in [2.24, 2.45) is 0 Å². The third kappa shape index (κ3) is 35.9. The number of aliphatic hydroxyl groups excluding tert-OH is 2. The molecule has 0 aliphatic heterocycles. The molecule has 0 fully saturated rings. The molecule has 0 aromatic heterocycles. The van der Waals surface area contributed by atoms with Crippen LogP contribution in [0.15, 0.2) is 0 Å². The van der Waals surface area contributed by atoms with Gasteiger partial charge in [-0.05, 0) is 26.7 Å². The Morgan fingerprint density at radius 2 is 0.351 bits per heavy atom. The van der Waals surface area contributed by atoms with E-state index in [1.165, 1.54) is 186 Å². The molecule has 0 aliphatic rings. The molecule has 2 nitrogen and oxygen atoms in total. The minimum absolute atomic E-state index is 0.107. The van der Waals surface area contributed by atoms with E-state index in [-0.39, 0.29) is 12.2 Å². The third-order valence-corrected chi connectivity index (χ3v) is 8.24. The molecule has 0 amide bonds. The van der Waals surface area contributed by atoms with Crippen LogP contribution in [0.1, 0.15) is 213 Å². The Bertz CT molecular complexity index is 357. The summed E-state index contributed by atoms with van der Waals surface area (Å²) in [4.78, 5) is 0. The maximum atomic E-state index is 9.26. The van der Waals surface area contributed by atoms with E-state index in [0.717, 1.165) is 12.8 Å². The molecule has 2 heteroatoms. The second-order valence-electron chi connectivity index (χ2n) is 12.5. The normalized spacial score (nSPS) is 13.3. The summed E-state index contributed by atoms with van der Waals surface area (Å²) in [5.74, 6) is 0. The van der Waals surface area contributed by atoms with Crippen molar-refractivity contribution in [1.82, 2.24) is 0 Å². The van der Waals surface area contributed by atoms with E-state index in [0.29, 0.717) is 0 Å². The Morgan fingerprint density at radius 3 is 0.459 bits per heavy atom. The average molecular weight is 525 g/mol. The molecular formula is C35H72O2. The van der Waals surface area contributed by atoms with Crippen LogP contribution < -0.4 is 0 Å². The summed E-state index contributed by atoms with van der Waals surface area (Å²) in [6.07, 6.45) is 42.8. The van der Waals surface area contributed by atoms with Crippen molar-refractivity contribution in [1.29, 1.82) is 0 Å². The van der Waals surface area contributed by atoms with Crippen LogP contribution in [0.3, 0.4) is 0 Å². The first-order chi connectivity index (χ1) is 18.1. The van der Waals surface area contributed by atoms with E-state index >= 15 is 0 Å². The predicted octanol–water partition coefficient (Wildman–Crippen LogP) is 11.8. The zero-order valence-corrected chi connectivity index (χ0v) is 26.0. The van der Waals surface area contributed by atoms with Gasteiger partial charge in [0.05, 0.1) is 12.2 Å². The van der Waals surface area contributed by atoms with E-state index in [4.69, 9.17) is 0 Å². The fraction of sp³-hybridized carbons (Fsp3) is 1.00. The van der Waals surface area contributed by atoms with Crippen LogP contribution in [0, 0.1) is 0 Å². The summed E-state index contributed by atoms with van der Waals surface area (Å²) in [6.45, 7) is 3.80. The van der Waals surface area contributed by atoms with Gasteiger partial charge in [0, 0.05) is 0 Å². The summed E-state index contributed by atoms with van der Waals surface area (Å²) in [5, 5.41) is 18.5. The van der Waals surface area contributed by atoms with Gasteiger partial charge in [0.25, 0.3) is 0 Å². The summed E-state index contributed by atoms with van der Waals surface area (Å²) < 4.78 is 0. The molecule has 0 aliphatic carbocycles. The molecule has 0 radical (unpaired) electrons. The topological polar surface area (TPSA) is 40.5 Å². The highest BCUT2D eigenvalue weighted by atomic mass is 16.3. The quantitative estimate of drug-likeness (QED) is 0.0859. The number of rotatable bonds is 32. The largest absolute Gasteiger partial charge is 0.393 e. The minimum Gasteiger partial charge on any atom is -0.393 e. The smallest absolute Gasteiger partial charge is 0.0512 e. The molecule has 0 rings (SSSR count). The van der Waals surface area contributed by atoms with Crippen LogP contribution in [0.25, 0.3) is 0 Å². The van der Waals surface area contributed by atoms with Gasteiger partial charge >= 0.3 is 0 Å². The van der Waals surface area contributed by atoms with E-state index in [2.05, 4.69) is 0 Å². The molecule has 0 spiro atoms. The first-order valence-corrected chi connectivity index (χ1v) is 17.5. The standard InChI is InChI=1S/C35H72O2/c1-34(36)32-30-28-26-24-22-20-18-16-14-12-10-8-6-4-3-5-7-9-11-13-15-17-19-21-23-25-27-29-31-33-35(2)37/h34-37H,3-33H2,1-2H3. The lowest BCUT2D eigenvalue weighted by Gasteiger charge is -2.05. The first kappa shape index (κ1) is 36.9. The SMILES string of the molecule is CC(O)CCCCCCCCCCCCCCCCCCCCCCCCCCCCCCCC(C)O. The van der Waals surface area contributed by atoms with Gasteiger partial charge in [-0.1, -0.05) is 186 Å². The van der Waals surface area contributed by atoms with Gasteiger partial charge < -0.3 is 10.2 Å². The average Bonchev–Trinajstić information content (AvgIpc) is 2.87. The first-order valence-electron chi connectivity index (χ1n) is 17.5. The maximum Gasteiger partial charge on any atom is 0.0512 e. The van der Waals surface area contributed by atoms with Crippen molar-refractivity contribution in [3.05, 3.63) is 0 Å². The van der Waals surface area contributed by atoms with Gasteiger partial charge in [-0.15, -0.1) is 0 Å². The van der Waals surface area contributed by atoms with Gasteiger partial charge in [-0.3, -0.25) is 0 Å². The molecule has 0 bridgehead atoms. The van der Waals surface area contributed by atoms with Crippen molar-refractivity contribution < 1.29 is 10.2 Å². The lowest BCUT2D eigenvalue weighted by Crippen LogP contribution is -1.98. The molecular weight excluding hydrogens is 452 g/mol. The number of unbranched alkanes of at least 4 members (excludes halogenated alkanes) is 28. The lowest BCUT2D eigenvalue weighted by atomic mass is 10.0. The zero-order valence-electron chi connectivity index (χ0n) is 26.0. The summed E-state index contributed by atoms with van der Waals surface area (Å²) in [6, 6.07) is 0. The maximum absolute atomic E-state index is 9.26. The molecule has 0 heterocycles. The highest BCUT2D eigenvalue weighted by Gasteiger charge is 1.98. The van der Waals surface area contributed by atoms with Crippen LogP contribution in [-0.4, -0.2) is 22.4 Å². The molecule has 0 saturated heterocycles. The van der Waals surface area contributed by atoms with Crippen molar-refractivity contribution in [3.63, 3.8) is 0 Å². The molecule has 37 heavy (non-hydrogen) atoms. The molecule has 224 valence electrons. The van der Waals surface area contributed by atoms with E-state index in [1.807, 2.05) is 13.8 Å². The Labute approximate surface area is 235 Å². The third-order valence-electron chi connectivity index (χ3n) is 8.24. The lowest BCUT2D eigenvalue weighted by molar-refractivity contribution is 0.180. The van der Waals surface area contributed by atoms with Crippen LogP contribution >= 0.6 is 0 Å². The fourth-order valence-electron chi connectivity index (χ4n) is 5.65. The number of hydrogen-bond acceptors (Lipinski definition) is 2. The zero-order chi connectivity index (χ0) is 27.1. The molecule has 0 aromatic rings. The van der Waals surface area contributed by atoms with Crippen molar-refractivity contribution in [2.75, 3.05) is 0 Å². The van der Waals surface area contributed by atoms with Gasteiger partial charge in [0.15, 0.2) is 0 Å². The van der Waals surface area contributed by atoms with Crippen LogP contribution in [0.4, 0.5) is 0 Å². The van der Waals surface area contributed by atoms with Crippen LogP contribution in [0.2, 0.25) is 0 Å². The molecule has 2 atom stereocenters. The van der Waals surface area contributed by atoms with Gasteiger partial charge in [0.2, 0.25) is 0 Å². The second kappa shape index (κ2) is 32.1. The van der Waals surface area contributed by atoms with Gasteiger partial charge in [-0.25, -0.2) is 0 Å². The Hall–Kier alpha value is -0.0800. The van der Waals surface area contributed by atoms with Crippen LogP contribution in [0.5, 0.6) is 0 Å². The Balaban J connectivity index is 3.02. The fourth-order valence-corrected chi connectivity index (χ4v) is 5.65. The van der Waals surface area contributed by atoms with Crippen molar-refractivity contribution >= 4 is 0 Å². The van der Waals surface area contributed by atoms with E-state index in [9.17, 15) is 10.2 Å². The highest BCUT2D eigenvalue weighted by Crippen LogP contribution is 2.17. The van der Waals surface area contributed by atoms with Gasteiger partial charge in [0.1, 0.15) is 0 Å². The monoisotopic (exact) mass is 525 g/mol. The molecule has 0 aromatic carbocycles. The predicted molar refractivity (Wildman–Crippen MR) is 166 cm³/mol. The minimum atomic E-state index is -0.107. The van der Waals surface area contributed by atoms with Crippen molar-refractivity contribution in [3.8, 4) is 0 Å². The van der Waals surface area contributed by atoms with E-state index in [1.54, 1.807) is 0 Å². The number of hydrogen-bond donors (Lipinski definition) is 2. The van der Waals surface area contributed by atoms with E-state index < -0.39 is 0 Å². The Kier molecular flexibility index (Phi) is 32.1. The second-order valence-corrected chi connectivity index (χ2v) is 12.5. The molecule has 0 saturated carbocycles. The van der Waals surface area contributed by atoms with Crippen molar-refractivity contribution in [2.45, 2.75) is 225 Å². The highest BCUT2D eigenvalue weighted by molar-refractivity contribution is 4.54.